The minimum Gasteiger partial charge on any atom is -0.508 e. The van der Waals surface area contributed by atoms with Crippen LogP contribution in [0.2, 0.25) is 5.02 Å². The summed E-state index contributed by atoms with van der Waals surface area (Å²) in [6.07, 6.45) is 0.753. The van der Waals surface area contributed by atoms with E-state index in [9.17, 15) is 9.90 Å². The summed E-state index contributed by atoms with van der Waals surface area (Å²) in [5.74, 6) is 0.519. The van der Waals surface area contributed by atoms with E-state index >= 15 is 0 Å². The molecule has 2 aromatic carbocycles. The summed E-state index contributed by atoms with van der Waals surface area (Å²) >= 11 is 7.30. The third-order valence-electron chi connectivity index (χ3n) is 2.81. The van der Waals surface area contributed by atoms with Crippen molar-refractivity contribution in [3.05, 3.63) is 59.1 Å². The molecule has 0 atom stereocenters. The second-order valence-electron chi connectivity index (χ2n) is 4.52. The number of nitrogens with one attached hydrogen (secondary N) is 1. The molecule has 0 unspecified atom stereocenters. The number of hydrogen-bond donors (Lipinski definition) is 2. The average Bonchev–Trinajstić information content (AvgIpc) is 2.45. The van der Waals surface area contributed by atoms with Crippen molar-refractivity contribution in [2.45, 2.75) is 11.3 Å². The minimum absolute atomic E-state index is 0.0228. The standard InChI is InChI=1S/C16H16ClNO2S/c17-13-4-1-3-12(9-13)7-8-18-16(20)11-21-15-6-2-5-14(19)10-15/h1-6,9-10,19H,7-8,11H2,(H,18,20). The van der Waals surface area contributed by atoms with Crippen LogP contribution in [0, 0.1) is 0 Å². The Kier molecular flexibility index (Phi) is 5.96. The molecule has 2 rings (SSSR count). The fourth-order valence-corrected chi connectivity index (χ4v) is 2.80. The zero-order chi connectivity index (χ0) is 15.1. The lowest BCUT2D eigenvalue weighted by molar-refractivity contribution is -0.118. The van der Waals surface area contributed by atoms with Crippen LogP contribution in [0.1, 0.15) is 5.56 Å². The number of rotatable bonds is 6. The molecule has 0 fully saturated rings. The molecule has 0 aliphatic rings. The first-order valence-corrected chi connectivity index (χ1v) is 7.93. The first-order chi connectivity index (χ1) is 10.1. The van der Waals surface area contributed by atoms with Crippen LogP contribution in [0.25, 0.3) is 0 Å². The fraction of sp³-hybridized carbons (Fsp3) is 0.188. The molecule has 0 heterocycles. The number of phenols is 1. The van der Waals surface area contributed by atoms with Crippen molar-refractivity contribution >= 4 is 29.3 Å². The number of thioether (sulfide) groups is 1. The van der Waals surface area contributed by atoms with E-state index < -0.39 is 0 Å². The van der Waals surface area contributed by atoms with Gasteiger partial charge in [-0.2, -0.15) is 0 Å². The number of aromatic hydroxyl groups is 1. The molecule has 1 amide bonds. The van der Waals surface area contributed by atoms with E-state index in [0.717, 1.165) is 16.9 Å². The van der Waals surface area contributed by atoms with Gasteiger partial charge in [0.05, 0.1) is 5.75 Å². The quantitative estimate of drug-likeness (QED) is 0.801. The van der Waals surface area contributed by atoms with E-state index in [0.29, 0.717) is 17.3 Å². The summed E-state index contributed by atoms with van der Waals surface area (Å²) in [4.78, 5) is 12.6. The molecule has 0 saturated heterocycles. The van der Waals surface area contributed by atoms with Gasteiger partial charge in [-0.3, -0.25) is 4.79 Å². The van der Waals surface area contributed by atoms with Gasteiger partial charge in [0.1, 0.15) is 5.75 Å². The lowest BCUT2D eigenvalue weighted by atomic mass is 10.1. The molecule has 21 heavy (non-hydrogen) atoms. The summed E-state index contributed by atoms with van der Waals surface area (Å²) < 4.78 is 0. The zero-order valence-electron chi connectivity index (χ0n) is 11.4. The largest absolute Gasteiger partial charge is 0.508 e. The molecule has 0 saturated carbocycles. The highest BCUT2D eigenvalue weighted by atomic mass is 35.5. The van der Waals surface area contributed by atoms with Gasteiger partial charge in [0.25, 0.3) is 0 Å². The van der Waals surface area contributed by atoms with Crippen molar-refractivity contribution in [2.24, 2.45) is 0 Å². The van der Waals surface area contributed by atoms with Crippen molar-refractivity contribution in [3.63, 3.8) is 0 Å². The molecule has 0 aromatic heterocycles. The highest BCUT2D eigenvalue weighted by Gasteiger charge is 2.03. The van der Waals surface area contributed by atoms with E-state index in [-0.39, 0.29) is 11.7 Å². The third-order valence-corrected chi connectivity index (χ3v) is 4.04. The second-order valence-corrected chi connectivity index (χ2v) is 6.00. The van der Waals surface area contributed by atoms with Gasteiger partial charge < -0.3 is 10.4 Å². The van der Waals surface area contributed by atoms with Gasteiger partial charge in [0, 0.05) is 16.5 Å². The summed E-state index contributed by atoms with van der Waals surface area (Å²) in [5.41, 5.74) is 1.10. The number of hydrogen-bond acceptors (Lipinski definition) is 3. The zero-order valence-corrected chi connectivity index (χ0v) is 13.0. The van der Waals surface area contributed by atoms with Crippen LogP contribution in [-0.2, 0) is 11.2 Å². The Morgan fingerprint density at radius 3 is 2.76 bits per heavy atom. The van der Waals surface area contributed by atoms with Crippen LogP contribution >= 0.6 is 23.4 Å². The van der Waals surface area contributed by atoms with E-state index in [1.54, 1.807) is 18.2 Å². The third kappa shape index (κ3) is 5.69. The highest BCUT2D eigenvalue weighted by molar-refractivity contribution is 8.00. The number of carbonyl (C=O) groups excluding carboxylic acids is 1. The molecule has 0 aliphatic heterocycles. The molecular weight excluding hydrogens is 306 g/mol. The summed E-state index contributed by atoms with van der Waals surface area (Å²) in [5, 5.41) is 12.9. The fourth-order valence-electron chi connectivity index (χ4n) is 1.81. The van der Waals surface area contributed by atoms with E-state index in [1.807, 2.05) is 30.3 Å². The number of benzene rings is 2. The van der Waals surface area contributed by atoms with Crippen LogP contribution in [0.4, 0.5) is 0 Å². The van der Waals surface area contributed by atoms with E-state index in [1.165, 1.54) is 11.8 Å². The van der Waals surface area contributed by atoms with Gasteiger partial charge in [0.2, 0.25) is 5.91 Å². The maximum Gasteiger partial charge on any atom is 0.230 e. The molecule has 2 N–H and O–H groups in total. The summed E-state index contributed by atoms with van der Waals surface area (Å²) in [6, 6.07) is 14.5. The predicted octanol–water partition coefficient (Wildman–Crippen LogP) is 3.50. The number of phenolic OH excluding ortho intramolecular Hbond substituents is 1. The topological polar surface area (TPSA) is 49.3 Å². The van der Waals surface area contributed by atoms with Crippen LogP contribution in [0.5, 0.6) is 5.75 Å². The Bertz CT molecular complexity index is 619. The van der Waals surface area contributed by atoms with E-state index in [2.05, 4.69) is 5.32 Å². The minimum atomic E-state index is -0.0228. The maximum absolute atomic E-state index is 11.7. The van der Waals surface area contributed by atoms with Gasteiger partial charge in [-0.15, -0.1) is 11.8 Å². The number of halogens is 1. The molecule has 0 bridgehead atoms. The molecule has 110 valence electrons. The summed E-state index contributed by atoms with van der Waals surface area (Å²) in [7, 11) is 0. The van der Waals surface area contributed by atoms with Gasteiger partial charge in [-0.1, -0.05) is 29.8 Å². The van der Waals surface area contributed by atoms with Crippen LogP contribution in [0.3, 0.4) is 0 Å². The average molecular weight is 322 g/mol. The first-order valence-electron chi connectivity index (χ1n) is 6.56. The van der Waals surface area contributed by atoms with Gasteiger partial charge >= 0.3 is 0 Å². The normalized spacial score (nSPS) is 10.3. The molecule has 0 radical (unpaired) electrons. The lowest BCUT2D eigenvalue weighted by Gasteiger charge is -2.06. The maximum atomic E-state index is 11.7. The van der Waals surface area contributed by atoms with Crippen molar-refractivity contribution < 1.29 is 9.90 Å². The molecule has 2 aromatic rings. The van der Waals surface area contributed by atoms with E-state index in [4.69, 9.17) is 11.6 Å². The SMILES string of the molecule is O=C(CSc1cccc(O)c1)NCCc1cccc(Cl)c1. The number of carbonyl (C=O) groups is 1. The Labute approximate surface area is 133 Å². The highest BCUT2D eigenvalue weighted by Crippen LogP contribution is 2.21. The smallest absolute Gasteiger partial charge is 0.230 e. The van der Waals surface area contributed by atoms with Crippen molar-refractivity contribution in [1.29, 1.82) is 0 Å². The molecular formula is C16H16ClNO2S. The lowest BCUT2D eigenvalue weighted by Crippen LogP contribution is -2.27. The number of amides is 1. The predicted molar refractivity (Wildman–Crippen MR) is 87.0 cm³/mol. The van der Waals surface area contributed by atoms with Crippen LogP contribution in [-0.4, -0.2) is 23.3 Å². The Balaban J connectivity index is 1.70. The van der Waals surface area contributed by atoms with Gasteiger partial charge in [0.15, 0.2) is 0 Å². The van der Waals surface area contributed by atoms with Crippen molar-refractivity contribution in [3.8, 4) is 5.75 Å². The Morgan fingerprint density at radius 2 is 2.00 bits per heavy atom. The van der Waals surface area contributed by atoms with Gasteiger partial charge in [-0.25, -0.2) is 0 Å². The molecule has 0 aliphatic carbocycles. The van der Waals surface area contributed by atoms with Crippen molar-refractivity contribution in [1.82, 2.24) is 5.32 Å². The van der Waals surface area contributed by atoms with Gasteiger partial charge in [-0.05, 0) is 42.3 Å². The molecule has 5 heteroatoms. The van der Waals surface area contributed by atoms with Crippen LogP contribution in [0.15, 0.2) is 53.4 Å². The first kappa shape index (κ1) is 15.7. The molecule has 3 nitrogen and oxygen atoms in total. The van der Waals surface area contributed by atoms with Crippen molar-refractivity contribution in [2.75, 3.05) is 12.3 Å². The monoisotopic (exact) mass is 321 g/mol. The Morgan fingerprint density at radius 1 is 1.19 bits per heavy atom. The van der Waals surface area contributed by atoms with Crippen LogP contribution < -0.4 is 5.32 Å². The second kappa shape index (κ2) is 7.96. The summed E-state index contributed by atoms with van der Waals surface area (Å²) in [6.45, 7) is 0.583. The Hall–Kier alpha value is -1.65. The molecule has 0 spiro atoms.